The minimum atomic E-state index is -4.20. The van der Waals surface area contributed by atoms with Crippen molar-refractivity contribution in [2.45, 2.75) is 11.8 Å². The van der Waals surface area contributed by atoms with Crippen LogP contribution in [0, 0.1) is 11.7 Å². The summed E-state index contributed by atoms with van der Waals surface area (Å²) in [4.78, 5) is 10.1. The molecule has 0 aromatic heterocycles. The number of aliphatic hydroxyl groups excluding tert-OH is 1. The van der Waals surface area contributed by atoms with Crippen molar-refractivity contribution in [3.8, 4) is 0 Å². The molecule has 1 atom stereocenters. The van der Waals surface area contributed by atoms with Crippen LogP contribution in [0.4, 0.5) is 4.39 Å². The molecule has 0 saturated carbocycles. The molecule has 20 heavy (non-hydrogen) atoms. The number of benzene rings is 1. The zero-order valence-electron chi connectivity index (χ0n) is 10.4. The van der Waals surface area contributed by atoms with Crippen LogP contribution in [0.2, 0.25) is 0 Å². The molecule has 9 heteroatoms. The number of hydrogen-bond acceptors (Lipinski definition) is 4. The molecular formula is C11H13BrFNO5S. The summed E-state index contributed by atoms with van der Waals surface area (Å²) in [5, 5.41) is 17.7. The van der Waals surface area contributed by atoms with Gasteiger partial charge in [0, 0.05) is 17.6 Å². The van der Waals surface area contributed by atoms with Gasteiger partial charge in [-0.2, -0.15) is 0 Å². The van der Waals surface area contributed by atoms with Crippen molar-refractivity contribution < 1.29 is 27.8 Å². The van der Waals surface area contributed by atoms with Gasteiger partial charge in [-0.15, -0.1) is 0 Å². The molecule has 3 N–H and O–H groups in total. The minimum absolute atomic E-state index is 0.0901. The van der Waals surface area contributed by atoms with Crippen LogP contribution in [-0.2, 0) is 10.0 Å². The van der Waals surface area contributed by atoms with Gasteiger partial charge in [-0.05, 0) is 18.1 Å². The van der Waals surface area contributed by atoms with Gasteiger partial charge in [0.15, 0.2) is 5.82 Å². The molecule has 1 aromatic rings. The smallest absolute Gasteiger partial charge is 0.338 e. The Balaban J connectivity index is 3.21. The van der Waals surface area contributed by atoms with Crippen molar-refractivity contribution in [1.82, 2.24) is 4.72 Å². The monoisotopic (exact) mass is 369 g/mol. The first-order chi connectivity index (χ1) is 9.19. The van der Waals surface area contributed by atoms with E-state index in [1.807, 2.05) is 0 Å². The maximum Gasteiger partial charge on any atom is 0.338 e. The van der Waals surface area contributed by atoms with Gasteiger partial charge in [0.2, 0.25) is 10.0 Å². The Labute approximate surface area is 123 Å². The summed E-state index contributed by atoms with van der Waals surface area (Å²) >= 11 is 2.94. The highest BCUT2D eigenvalue weighted by Crippen LogP contribution is 2.24. The second-order valence-electron chi connectivity index (χ2n) is 4.21. The lowest BCUT2D eigenvalue weighted by atomic mass is 10.2. The van der Waals surface area contributed by atoms with E-state index >= 15 is 0 Å². The van der Waals surface area contributed by atoms with Gasteiger partial charge in [-0.3, -0.25) is 0 Å². The van der Waals surface area contributed by atoms with E-state index in [0.29, 0.717) is 0 Å². The van der Waals surface area contributed by atoms with Gasteiger partial charge in [0.1, 0.15) is 4.90 Å². The first-order valence-electron chi connectivity index (χ1n) is 5.52. The summed E-state index contributed by atoms with van der Waals surface area (Å²) in [6.45, 7) is 1.28. The summed E-state index contributed by atoms with van der Waals surface area (Å²) in [5.41, 5.74) is -0.741. The Morgan fingerprint density at radius 3 is 2.60 bits per heavy atom. The average Bonchev–Trinajstić information content (AvgIpc) is 2.37. The second kappa shape index (κ2) is 6.61. The SMILES string of the molecule is CC(CO)CNS(=O)(=O)c1cc(Br)cc(C(=O)O)c1F. The van der Waals surface area contributed by atoms with E-state index in [4.69, 9.17) is 10.2 Å². The van der Waals surface area contributed by atoms with E-state index in [-0.39, 0.29) is 23.5 Å². The fourth-order valence-electron chi connectivity index (χ4n) is 1.31. The number of hydrogen-bond donors (Lipinski definition) is 3. The first kappa shape index (κ1) is 17.0. The number of carboxylic acids is 1. The Hall–Kier alpha value is -1.03. The van der Waals surface area contributed by atoms with Crippen molar-refractivity contribution in [3.63, 3.8) is 0 Å². The van der Waals surface area contributed by atoms with E-state index in [2.05, 4.69) is 20.7 Å². The number of carbonyl (C=O) groups is 1. The van der Waals surface area contributed by atoms with Crippen molar-refractivity contribution in [3.05, 3.63) is 28.0 Å². The van der Waals surface area contributed by atoms with Crippen LogP contribution in [0.1, 0.15) is 17.3 Å². The van der Waals surface area contributed by atoms with Gasteiger partial charge in [-0.25, -0.2) is 22.3 Å². The fourth-order valence-corrected chi connectivity index (χ4v) is 3.21. The number of aromatic carboxylic acids is 1. The molecule has 1 aromatic carbocycles. The van der Waals surface area contributed by atoms with E-state index < -0.39 is 32.3 Å². The highest BCUT2D eigenvalue weighted by atomic mass is 79.9. The molecule has 1 unspecified atom stereocenters. The number of sulfonamides is 1. The summed E-state index contributed by atoms with van der Waals surface area (Å²) in [6.07, 6.45) is 0. The number of nitrogens with one attached hydrogen (secondary N) is 1. The average molecular weight is 370 g/mol. The van der Waals surface area contributed by atoms with Crippen LogP contribution in [0.15, 0.2) is 21.5 Å². The number of rotatable bonds is 6. The van der Waals surface area contributed by atoms with Crippen LogP contribution in [0.5, 0.6) is 0 Å². The molecule has 0 saturated heterocycles. The van der Waals surface area contributed by atoms with Crippen LogP contribution in [0.3, 0.4) is 0 Å². The van der Waals surface area contributed by atoms with Crippen LogP contribution in [-0.4, -0.2) is 37.8 Å². The molecule has 0 fully saturated rings. The third-order valence-electron chi connectivity index (χ3n) is 2.46. The van der Waals surface area contributed by atoms with Crippen molar-refractivity contribution in [2.24, 2.45) is 5.92 Å². The van der Waals surface area contributed by atoms with E-state index in [1.165, 1.54) is 0 Å². The zero-order chi connectivity index (χ0) is 15.5. The quantitative estimate of drug-likeness (QED) is 0.698. The standard InChI is InChI=1S/C11H13BrFNO5S/c1-6(5-15)4-14-20(18,19)9-3-7(12)2-8(10(9)13)11(16)17/h2-3,6,14-15H,4-5H2,1H3,(H,16,17). The predicted molar refractivity (Wildman–Crippen MR) is 72.5 cm³/mol. The van der Waals surface area contributed by atoms with Crippen molar-refractivity contribution >= 4 is 31.9 Å². The Morgan fingerprint density at radius 1 is 1.50 bits per heavy atom. The lowest BCUT2D eigenvalue weighted by molar-refractivity contribution is 0.0691. The van der Waals surface area contributed by atoms with Gasteiger partial charge in [-0.1, -0.05) is 22.9 Å². The summed E-state index contributed by atoms with van der Waals surface area (Å²) < 4.78 is 40.1. The van der Waals surface area contributed by atoms with Gasteiger partial charge in [0.25, 0.3) is 0 Å². The van der Waals surface area contributed by atoms with E-state index in [0.717, 1.165) is 12.1 Å². The Kier molecular flexibility index (Phi) is 5.63. The molecule has 6 nitrogen and oxygen atoms in total. The second-order valence-corrected chi connectivity index (χ2v) is 6.86. The van der Waals surface area contributed by atoms with Crippen molar-refractivity contribution in [1.29, 1.82) is 0 Å². The Bertz CT molecular complexity index is 619. The number of aliphatic hydroxyl groups is 1. The normalized spacial score (nSPS) is 13.2. The van der Waals surface area contributed by atoms with Gasteiger partial charge >= 0.3 is 5.97 Å². The first-order valence-corrected chi connectivity index (χ1v) is 7.79. The maximum atomic E-state index is 13.9. The molecule has 0 bridgehead atoms. The maximum absolute atomic E-state index is 13.9. The molecule has 0 aliphatic carbocycles. The molecule has 0 amide bonds. The highest BCUT2D eigenvalue weighted by molar-refractivity contribution is 9.10. The summed E-state index contributed by atoms with van der Waals surface area (Å²) in [6, 6.07) is 1.96. The van der Waals surface area contributed by atoms with Crippen LogP contribution < -0.4 is 4.72 Å². The van der Waals surface area contributed by atoms with E-state index in [9.17, 15) is 17.6 Å². The lowest BCUT2D eigenvalue weighted by Gasteiger charge is -2.12. The molecule has 0 spiro atoms. The summed E-state index contributed by atoms with van der Waals surface area (Å²) in [5.74, 6) is -3.24. The Morgan fingerprint density at radius 2 is 2.10 bits per heavy atom. The number of carboxylic acid groups (broad SMARTS) is 1. The molecule has 0 aliphatic heterocycles. The molecule has 1 rings (SSSR count). The largest absolute Gasteiger partial charge is 0.478 e. The van der Waals surface area contributed by atoms with Crippen molar-refractivity contribution in [2.75, 3.05) is 13.2 Å². The lowest BCUT2D eigenvalue weighted by Crippen LogP contribution is -2.30. The molecule has 0 aliphatic rings. The van der Waals surface area contributed by atoms with Crippen LogP contribution in [0.25, 0.3) is 0 Å². The molecule has 0 heterocycles. The van der Waals surface area contributed by atoms with Gasteiger partial charge < -0.3 is 10.2 Å². The van der Waals surface area contributed by atoms with Crippen LogP contribution >= 0.6 is 15.9 Å². The fraction of sp³-hybridized carbons (Fsp3) is 0.364. The number of halogens is 2. The van der Waals surface area contributed by atoms with Gasteiger partial charge in [0.05, 0.1) is 5.56 Å². The third-order valence-corrected chi connectivity index (χ3v) is 4.34. The highest BCUT2D eigenvalue weighted by Gasteiger charge is 2.25. The predicted octanol–water partition coefficient (Wildman–Crippen LogP) is 1.19. The third kappa shape index (κ3) is 3.98. The summed E-state index contributed by atoms with van der Waals surface area (Å²) in [7, 11) is -4.20. The molecule has 112 valence electrons. The zero-order valence-corrected chi connectivity index (χ0v) is 12.8. The minimum Gasteiger partial charge on any atom is -0.478 e. The van der Waals surface area contributed by atoms with E-state index in [1.54, 1.807) is 6.92 Å². The topological polar surface area (TPSA) is 104 Å². The molecular weight excluding hydrogens is 357 g/mol. The molecule has 0 radical (unpaired) electrons.